The highest BCUT2D eigenvalue weighted by Gasteiger charge is 2.27. The van der Waals surface area contributed by atoms with Crippen LogP contribution in [0.3, 0.4) is 0 Å². The number of likely N-dealkylation sites (N-methyl/N-ethyl adjacent to an activating group) is 1. The summed E-state index contributed by atoms with van der Waals surface area (Å²) in [6.45, 7) is 4.49. The van der Waals surface area contributed by atoms with Crippen molar-refractivity contribution in [2.45, 2.75) is 380 Å². The molecule has 0 saturated carbocycles. The van der Waals surface area contributed by atoms with Crippen molar-refractivity contribution >= 4 is 19.8 Å². The van der Waals surface area contributed by atoms with Crippen LogP contribution in [0.25, 0.3) is 0 Å². The maximum absolute atomic E-state index is 12.9. The second-order valence-corrected chi connectivity index (χ2v) is 27.4. The zero-order valence-corrected chi connectivity index (χ0v) is 56.4. The molecule has 0 aromatic rings. The Morgan fingerprint density at radius 3 is 0.902 bits per heavy atom. The Morgan fingerprint density at radius 2 is 0.622 bits per heavy atom. The van der Waals surface area contributed by atoms with Gasteiger partial charge in [-0.2, -0.15) is 0 Å². The molecule has 0 aliphatic carbocycles. The minimum absolute atomic E-state index is 0.0348. The highest BCUT2D eigenvalue weighted by molar-refractivity contribution is 7.47. The average molecular weight is 1180 g/mol. The van der Waals surface area contributed by atoms with Crippen LogP contribution in [0.1, 0.15) is 373 Å². The van der Waals surface area contributed by atoms with Gasteiger partial charge in [-0.3, -0.25) is 18.6 Å². The Bertz CT molecular complexity index is 1430. The number of hydrogen-bond acceptors (Lipinski definition) is 7. The fraction of sp³-hybridized carbons (Fsp3) is 0.917. The number of unbranched alkanes of at least 4 members (excludes halogenated alkanes) is 50. The summed E-state index contributed by atoms with van der Waals surface area (Å²) in [5, 5.41) is 0. The number of quaternary nitrogens is 1. The molecule has 0 aliphatic heterocycles. The van der Waals surface area contributed by atoms with Crippen LogP contribution in [0.2, 0.25) is 0 Å². The van der Waals surface area contributed by atoms with Gasteiger partial charge in [-0.1, -0.05) is 321 Å². The molecule has 0 fully saturated rings. The third-order valence-corrected chi connectivity index (χ3v) is 17.4. The molecule has 0 spiro atoms. The number of allylic oxidation sites excluding steroid dienone is 4. The van der Waals surface area contributed by atoms with E-state index in [1.54, 1.807) is 0 Å². The molecule has 486 valence electrons. The standard InChI is InChI=1S/C72H140NO8P/c1-6-8-10-12-14-16-18-20-22-24-26-27-28-29-30-31-32-33-34-35-36-37-38-39-40-41-42-43-44-45-47-49-51-53-55-57-59-61-63-65-72(75)81-70(69-80-82(76,77)79-67-66-73(3,4)5)68-78-71(74)64-62-60-58-56-54-52-50-48-46-25-23-21-19-17-15-13-11-9-7-2/h21,23-24,26,70H,6-20,22,25,27-69H2,1-5H3/p+1/b23-21-,26-24-. The summed E-state index contributed by atoms with van der Waals surface area (Å²) in [5.74, 6) is -0.779. The molecule has 0 amide bonds. The van der Waals surface area contributed by atoms with Gasteiger partial charge in [0.2, 0.25) is 0 Å². The van der Waals surface area contributed by atoms with E-state index >= 15 is 0 Å². The third-order valence-electron chi connectivity index (χ3n) is 16.5. The van der Waals surface area contributed by atoms with Gasteiger partial charge in [0, 0.05) is 12.8 Å². The molecule has 2 atom stereocenters. The van der Waals surface area contributed by atoms with E-state index in [4.69, 9.17) is 18.5 Å². The van der Waals surface area contributed by atoms with E-state index in [-0.39, 0.29) is 25.6 Å². The van der Waals surface area contributed by atoms with Crippen LogP contribution in [-0.4, -0.2) is 74.9 Å². The second kappa shape index (κ2) is 64.0. The number of carbonyl (C=O) groups excluding carboxylic acids is 2. The maximum atomic E-state index is 12.9. The van der Waals surface area contributed by atoms with E-state index in [9.17, 15) is 19.0 Å². The molecule has 0 rings (SSSR count). The van der Waals surface area contributed by atoms with Gasteiger partial charge in [0.05, 0.1) is 27.7 Å². The number of nitrogens with zero attached hydrogens (tertiary/aromatic N) is 1. The van der Waals surface area contributed by atoms with Crippen molar-refractivity contribution in [2.24, 2.45) is 0 Å². The number of phosphoric ester groups is 1. The van der Waals surface area contributed by atoms with E-state index in [0.29, 0.717) is 23.9 Å². The molecule has 0 heterocycles. The van der Waals surface area contributed by atoms with Gasteiger partial charge < -0.3 is 18.9 Å². The van der Waals surface area contributed by atoms with Crippen LogP contribution in [-0.2, 0) is 32.7 Å². The van der Waals surface area contributed by atoms with Gasteiger partial charge in [-0.05, 0) is 64.2 Å². The predicted octanol–water partition coefficient (Wildman–Crippen LogP) is 23.3. The molecule has 2 unspecified atom stereocenters. The summed E-state index contributed by atoms with van der Waals surface area (Å²) in [6, 6.07) is 0. The monoisotopic (exact) mass is 1180 g/mol. The number of phosphoric acid groups is 1. The molecule has 0 saturated heterocycles. The SMILES string of the molecule is CCCCCCCC/C=C\CCCCCCCCCCCC(=O)OCC(COP(=O)(O)OCC[N+](C)(C)C)OC(=O)CCCCCCCCCCCCCCCCCCCCCCCCCCCCC/C=C\CCCCCCCCCC. The highest BCUT2D eigenvalue weighted by Crippen LogP contribution is 2.43. The number of esters is 2. The second-order valence-electron chi connectivity index (χ2n) is 26.0. The van der Waals surface area contributed by atoms with Crippen LogP contribution < -0.4 is 0 Å². The van der Waals surface area contributed by atoms with Crippen molar-refractivity contribution in [3.63, 3.8) is 0 Å². The lowest BCUT2D eigenvalue weighted by atomic mass is 10.0. The molecular weight excluding hydrogens is 1040 g/mol. The fourth-order valence-corrected chi connectivity index (χ4v) is 11.6. The van der Waals surface area contributed by atoms with Gasteiger partial charge in [-0.25, -0.2) is 4.57 Å². The molecular formula is C72H141NO8P+. The summed E-state index contributed by atoms with van der Waals surface area (Å²) < 4.78 is 34.7. The van der Waals surface area contributed by atoms with Crippen molar-refractivity contribution in [1.82, 2.24) is 0 Å². The van der Waals surface area contributed by atoms with Crippen LogP contribution in [0.15, 0.2) is 24.3 Å². The van der Waals surface area contributed by atoms with Crippen LogP contribution in [0.4, 0.5) is 0 Å². The summed E-state index contributed by atoms with van der Waals surface area (Å²) in [6.07, 6.45) is 80.2. The smallest absolute Gasteiger partial charge is 0.462 e. The van der Waals surface area contributed by atoms with Crippen molar-refractivity contribution < 1.29 is 42.1 Å². The Balaban J connectivity index is 3.88. The first-order valence-electron chi connectivity index (χ1n) is 36.1. The Morgan fingerprint density at radius 1 is 0.366 bits per heavy atom. The van der Waals surface area contributed by atoms with E-state index in [1.807, 2.05) is 21.1 Å². The first-order chi connectivity index (χ1) is 40.0. The van der Waals surface area contributed by atoms with E-state index < -0.39 is 26.5 Å². The topological polar surface area (TPSA) is 108 Å². The van der Waals surface area contributed by atoms with Gasteiger partial charge in [0.15, 0.2) is 6.10 Å². The highest BCUT2D eigenvalue weighted by atomic mass is 31.2. The van der Waals surface area contributed by atoms with Crippen molar-refractivity contribution in [2.75, 3.05) is 47.5 Å². The summed E-state index contributed by atoms with van der Waals surface area (Å²) >= 11 is 0. The van der Waals surface area contributed by atoms with Gasteiger partial charge in [0.1, 0.15) is 19.8 Å². The summed E-state index contributed by atoms with van der Waals surface area (Å²) in [5.41, 5.74) is 0. The molecule has 0 aromatic heterocycles. The normalized spacial score (nSPS) is 13.2. The zero-order valence-electron chi connectivity index (χ0n) is 55.5. The van der Waals surface area contributed by atoms with Crippen LogP contribution in [0.5, 0.6) is 0 Å². The quantitative estimate of drug-likeness (QED) is 0.0211. The Labute approximate surface area is 510 Å². The first kappa shape index (κ1) is 80.5. The molecule has 0 aromatic carbocycles. The third kappa shape index (κ3) is 67.6. The molecule has 9 nitrogen and oxygen atoms in total. The van der Waals surface area contributed by atoms with Gasteiger partial charge in [-0.15, -0.1) is 0 Å². The van der Waals surface area contributed by atoms with Crippen molar-refractivity contribution in [3.8, 4) is 0 Å². The van der Waals surface area contributed by atoms with Crippen LogP contribution >= 0.6 is 7.82 Å². The average Bonchev–Trinajstić information content (AvgIpc) is 3.44. The Kier molecular flexibility index (Phi) is 62.8. The molecule has 82 heavy (non-hydrogen) atoms. The molecule has 0 bridgehead atoms. The van der Waals surface area contributed by atoms with Gasteiger partial charge >= 0.3 is 19.8 Å². The molecule has 10 heteroatoms. The molecule has 0 radical (unpaired) electrons. The number of rotatable bonds is 68. The lowest BCUT2D eigenvalue weighted by Crippen LogP contribution is -2.37. The largest absolute Gasteiger partial charge is 0.472 e. The number of ether oxygens (including phenoxy) is 2. The maximum Gasteiger partial charge on any atom is 0.472 e. The van der Waals surface area contributed by atoms with Crippen molar-refractivity contribution in [3.05, 3.63) is 24.3 Å². The molecule has 0 aliphatic rings. The summed E-state index contributed by atoms with van der Waals surface area (Å²) in [7, 11) is 1.50. The molecule has 1 N–H and O–H groups in total. The van der Waals surface area contributed by atoms with Gasteiger partial charge in [0.25, 0.3) is 0 Å². The van der Waals surface area contributed by atoms with E-state index in [2.05, 4.69) is 38.2 Å². The lowest BCUT2D eigenvalue weighted by molar-refractivity contribution is -0.870. The summed E-state index contributed by atoms with van der Waals surface area (Å²) in [4.78, 5) is 35.8. The predicted molar refractivity (Wildman–Crippen MR) is 354 cm³/mol. The fourth-order valence-electron chi connectivity index (χ4n) is 10.9. The van der Waals surface area contributed by atoms with E-state index in [0.717, 1.165) is 32.1 Å². The van der Waals surface area contributed by atoms with Crippen molar-refractivity contribution in [1.29, 1.82) is 0 Å². The van der Waals surface area contributed by atoms with E-state index in [1.165, 1.54) is 308 Å². The van der Waals surface area contributed by atoms with Crippen LogP contribution in [0, 0.1) is 0 Å². The Hall–Kier alpha value is -1.51. The minimum Gasteiger partial charge on any atom is -0.462 e. The zero-order chi connectivity index (χ0) is 59.8. The minimum atomic E-state index is -4.39. The number of carbonyl (C=O) groups is 2. The lowest BCUT2D eigenvalue weighted by Gasteiger charge is -2.24. The number of hydrogen-bond donors (Lipinski definition) is 1. The first-order valence-corrected chi connectivity index (χ1v) is 37.6.